The molecule has 0 radical (unpaired) electrons. The molecule has 0 aromatic carbocycles. The average molecular weight is 230 g/mol. The van der Waals surface area contributed by atoms with E-state index in [2.05, 4.69) is 37.9 Å². The molecule has 1 saturated heterocycles. The Morgan fingerprint density at radius 2 is 2.17 bits per heavy atom. The average Bonchev–Trinajstić information content (AvgIpc) is 1.73. The normalized spacial score (nSPS) is 49.2. The minimum absolute atomic E-state index is 0.167. The molecule has 0 bridgehead atoms. The molecule has 1 aliphatic rings. The van der Waals surface area contributed by atoms with Crippen LogP contribution in [0.2, 0.25) is 0 Å². The van der Waals surface area contributed by atoms with Crippen molar-refractivity contribution in [3.8, 4) is 0 Å². The summed E-state index contributed by atoms with van der Waals surface area (Å²) in [7, 11) is 4.48. The molecule has 1 rings (SSSR count). The Hall–Kier alpha value is 1.46. The molecule has 0 spiro atoms. The Morgan fingerprint density at radius 3 is 2.17 bits per heavy atom. The third-order valence-corrected chi connectivity index (χ3v) is 8.28. The summed E-state index contributed by atoms with van der Waals surface area (Å²) in [4.78, 5) is 0. The number of alkyl halides is 1. The van der Waals surface area contributed by atoms with Crippen LogP contribution in [-0.4, -0.2) is 9.32 Å². The summed E-state index contributed by atoms with van der Waals surface area (Å²) in [6.45, 7) is 2.26. The summed E-state index contributed by atoms with van der Waals surface area (Å²) in [6.07, 6.45) is 1.35. The predicted molar refractivity (Wildman–Crippen MR) is 41.1 cm³/mol. The summed E-state index contributed by atoms with van der Waals surface area (Å²) in [6, 6.07) is 0. The van der Waals surface area contributed by atoms with E-state index in [-0.39, 0.29) is 7.02 Å². The Balaban J connectivity index is 2.72. The predicted octanol–water partition coefficient (Wildman–Crippen LogP) is 2.96. The Bertz CT molecular complexity index is 129. The third-order valence-electron chi connectivity index (χ3n) is 0.873. The number of hydrogen-bond acceptors (Lipinski definition) is 0. The first kappa shape index (κ1) is 5.59. The molecule has 34 valence electrons. The molecule has 0 N–H and O–H groups in total. The summed E-state index contributed by atoms with van der Waals surface area (Å²) in [5, 5.41) is 0. The van der Waals surface area contributed by atoms with Crippen LogP contribution in [0.15, 0.2) is 0 Å². The van der Waals surface area contributed by atoms with Crippen molar-refractivity contribution in [3.05, 3.63) is 0 Å². The van der Waals surface area contributed by atoms with Gasteiger partial charge in [0.05, 0.1) is 0 Å². The first-order valence-corrected chi connectivity index (χ1v) is 5.54. The van der Waals surface area contributed by atoms with Crippen molar-refractivity contribution >= 4 is 38.0 Å². The van der Waals surface area contributed by atoms with Crippen LogP contribution in [0.3, 0.4) is 0 Å². The molecule has 0 aromatic rings. The second kappa shape index (κ2) is 1.47. The fraction of sp³-hybridized carbons (Fsp3) is 1.00. The Kier molecular flexibility index (Phi) is 1.37. The molecule has 0 saturated carbocycles. The van der Waals surface area contributed by atoms with Crippen molar-refractivity contribution in [2.24, 2.45) is 0 Å². The van der Waals surface area contributed by atoms with Crippen LogP contribution < -0.4 is 0 Å². The van der Waals surface area contributed by atoms with E-state index in [0.29, 0.717) is 3.16 Å². The van der Waals surface area contributed by atoms with E-state index in [4.69, 9.17) is 0 Å². The van der Waals surface area contributed by atoms with Crippen LogP contribution in [0.5, 0.6) is 0 Å². The van der Waals surface area contributed by atoms with Gasteiger partial charge in [-0.1, -0.05) is 0 Å². The molecule has 1 fully saturated rings. The van der Waals surface area contributed by atoms with Gasteiger partial charge in [0.1, 0.15) is 0 Å². The SMILES string of the molecule is C[C@]1(I)CP1#P. The van der Waals surface area contributed by atoms with Gasteiger partial charge >= 0.3 is 54.2 Å². The van der Waals surface area contributed by atoms with Crippen molar-refractivity contribution in [1.29, 1.82) is 0 Å². The number of halogens is 1. The summed E-state index contributed by atoms with van der Waals surface area (Å²) in [5.41, 5.74) is 0. The van der Waals surface area contributed by atoms with Crippen LogP contribution >= 0.6 is 38.0 Å². The molecule has 3 heteroatoms. The van der Waals surface area contributed by atoms with Crippen LogP contribution in [0.1, 0.15) is 6.92 Å². The van der Waals surface area contributed by atoms with Gasteiger partial charge in [-0.3, -0.25) is 0 Å². The van der Waals surface area contributed by atoms with Gasteiger partial charge in [-0.2, -0.15) is 0 Å². The zero-order chi connectivity index (χ0) is 4.78. The van der Waals surface area contributed by atoms with Gasteiger partial charge in [0.25, 0.3) is 0 Å². The number of rotatable bonds is 0. The monoisotopic (exact) mass is 230 g/mol. The van der Waals surface area contributed by atoms with Gasteiger partial charge in [0.15, 0.2) is 0 Å². The molecule has 1 heterocycles. The van der Waals surface area contributed by atoms with Crippen LogP contribution in [0.4, 0.5) is 0 Å². The second-order valence-corrected chi connectivity index (χ2v) is 8.49. The fourth-order valence-corrected chi connectivity index (χ4v) is 3.94. The second-order valence-electron chi connectivity index (χ2n) is 1.70. The molecule has 1 unspecified atom stereocenters. The molecule has 0 amide bonds. The molecule has 0 aliphatic carbocycles. The topological polar surface area (TPSA) is 0 Å². The molecule has 0 aromatic heterocycles. The van der Waals surface area contributed by atoms with Gasteiger partial charge in [0.2, 0.25) is 0 Å². The molecule has 2 atom stereocenters. The Labute approximate surface area is 54.3 Å². The van der Waals surface area contributed by atoms with E-state index in [0.717, 1.165) is 0 Å². The van der Waals surface area contributed by atoms with Gasteiger partial charge in [-0.15, -0.1) is 0 Å². The van der Waals surface area contributed by atoms with Crippen molar-refractivity contribution in [3.63, 3.8) is 0 Å². The molecule has 0 nitrogen and oxygen atoms in total. The van der Waals surface area contributed by atoms with Gasteiger partial charge < -0.3 is 0 Å². The molecular formula is C3H5IP2. The van der Waals surface area contributed by atoms with Gasteiger partial charge in [0, 0.05) is 0 Å². The van der Waals surface area contributed by atoms with Crippen LogP contribution in [0, 0.1) is 0 Å². The van der Waals surface area contributed by atoms with Crippen molar-refractivity contribution in [2.45, 2.75) is 10.1 Å². The maximum atomic E-state index is 4.32. The summed E-state index contributed by atoms with van der Waals surface area (Å²) in [5.74, 6) is 0. The van der Waals surface area contributed by atoms with E-state index in [9.17, 15) is 0 Å². The van der Waals surface area contributed by atoms with Gasteiger partial charge in [-0.25, -0.2) is 0 Å². The molecule has 6 heavy (non-hydrogen) atoms. The molecule has 1 aliphatic heterocycles. The van der Waals surface area contributed by atoms with Crippen LogP contribution in [0.25, 0.3) is 0 Å². The quantitative estimate of drug-likeness (QED) is 0.341. The zero-order valence-electron chi connectivity index (χ0n) is 3.48. The van der Waals surface area contributed by atoms with E-state index >= 15 is 0 Å². The van der Waals surface area contributed by atoms with E-state index in [1.165, 1.54) is 6.16 Å². The maximum absolute atomic E-state index is 4.32. The van der Waals surface area contributed by atoms with Crippen molar-refractivity contribution < 1.29 is 0 Å². The summed E-state index contributed by atoms with van der Waals surface area (Å²) >= 11 is 2.47. The fourth-order valence-electron chi connectivity index (χ4n) is 0.238. The van der Waals surface area contributed by atoms with E-state index in [1.54, 1.807) is 0 Å². The van der Waals surface area contributed by atoms with Crippen LogP contribution in [-0.2, 0) is 0 Å². The third kappa shape index (κ3) is 0.993. The Morgan fingerprint density at radius 1 is 2.00 bits per heavy atom. The first-order chi connectivity index (χ1) is 2.63. The number of hydrogen-bond donors (Lipinski definition) is 0. The van der Waals surface area contributed by atoms with E-state index in [1.807, 2.05) is 0 Å². The minimum atomic E-state index is 0.167. The van der Waals surface area contributed by atoms with Crippen molar-refractivity contribution in [1.82, 2.24) is 0 Å². The first-order valence-electron chi connectivity index (χ1n) is 1.78. The summed E-state index contributed by atoms with van der Waals surface area (Å²) < 4.78 is 0.607. The molecular weight excluding hydrogens is 225 g/mol. The van der Waals surface area contributed by atoms with Crippen molar-refractivity contribution in [2.75, 3.05) is 6.16 Å². The van der Waals surface area contributed by atoms with E-state index < -0.39 is 0 Å². The zero-order valence-corrected chi connectivity index (χ0v) is 7.43. The standard InChI is InChI=1S/C3H5IP2/c1-3(4)2-6(3)5/h2H2,1H3/t3-/m1/s1. The van der Waals surface area contributed by atoms with Gasteiger partial charge in [-0.05, 0) is 0 Å².